The van der Waals surface area contributed by atoms with Gasteiger partial charge in [-0.1, -0.05) is 13.3 Å². The van der Waals surface area contributed by atoms with Crippen LogP contribution in [0.5, 0.6) is 0 Å². The first-order chi connectivity index (χ1) is 3.34. The first kappa shape index (κ1) is 8.25. The molecule has 0 amide bonds. The van der Waals surface area contributed by atoms with Gasteiger partial charge in [0.1, 0.15) is 0 Å². The summed E-state index contributed by atoms with van der Waals surface area (Å²) in [4.78, 5) is 0. The van der Waals surface area contributed by atoms with Crippen LogP contribution in [0.1, 0.15) is 19.8 Å². The molecular weight excluding hydrogens is 122 g/mol. The van der Waals surface area contributed by atoms with Crippen molar-refractivity contribution in [3.63, 3.8) is 0 Å². The first-order valence-electron chi connectivity index (χ1n) is 3.04. The molecular formula is C6H14ClN. The third-order valence-corrected chi connectivity index (χ3v) is 2.10. The lowest BCUT2D eigenvalue weighted by molar-refractivity contribution is 0.205. The van der Waals surface area contributed by atoms with Crippen molar-refractivity contribution in [2.75, 3.05) is 6.54 Å². The van der Waals surface area contributed by atoms with Crippen LogP contribution < -0.4 is 5.73 Å². The number of hydrogen-bond acceptors (Lipinski definition) is 1. The van der Waals surface area contributed by atoms with Crippen LogP contribution in [-0.2, 0) is 0 Å². The van der Waals surface area contributed by atoms with E-state index in [0.717, 1.165) is 18.4 Å². The zero-order valence-corrected chi connectivity index (χ0v) is 6.08. The lowest BCUT2D eigenvalue weighted by Crippen LogP contribution is -2.29. The number of hydrogen-bond donors (Lipinski definition) is 1. The second-order valence-corrected chi connectivity index (χ2v) is 2.55. The van der Waals surface area contributed by atoms with Crippen molar-refractivity contribution in [3.05, 3.63) is 0 Å². The van der Waals surface area contributed by atoms with Gasteiger partial charge < -0.3 is 5.73 Å². The average Bonchev–Trinajstić information content (AvgIpc) is 1.65. The summed E-state index contributed by atoms with van der Waals surface area (Å²) in [6.07, 6.45) is 2.78. The molecule has 0 bridgehead atoms. The van der Waals surface area contributed by atoms with Crippen LogP contribution in [0.4, 0.5) is 0 Å². The van der Waals surface area contributed by atoms with Gasteiger partial charge in [0.2, 0.25) is 0 Å². The molecule has 1 nitrogen and oxygen atoms in total. The van der Waals surface area contributed by atoms with Crippen LogP contribution in [0.2, 0.25) is 0 Å². The zero-order chi connectivity index (χ0) is 5.28. The highest BCUT2D eigenvalue weighted by atomic mass is 35.5. The van der Waals surface area contributed by atoms with Crippen molar-refractivity contribution in [3.8, 4) is 0 Å². The molecule has 0 aliphatic heterocycles. The second-order valence-electron chi connectivity index (χ2n) is 2.55. The van der Waals surface area contributed by atoms with Crippen molar-refractivity contribution < 1.29 is 0 Å². The number of nitrogens with two attached hydrogens (primary N) is 1. The lowest BCUT2D eigenvalue weighted by atomic mass is 9.75. The molecule has 2 atom stereocenters. The number of rotatable bonds is 1. The molecule has 1 rings (SSSR count). The van der Waals surface area contributed by atoms with Gasteiger partial charge in [0.25, 0.3) is 0 Å². The van der Waals surface area contributed by atoms with E-state index in [4.69, 9.17) is 5.73 Å². The Morgan fingerprint density at radius 1 is 1.50 bits per heavy atom. The van der Waals surface area contributed by atoms with Gasteiger partial charge in [0, 0.05) is 0 Å². The fraction of sp³-hybridized carbons (Fsp3) is 1.00. The van der Waals surface area contributed by atoms with E-state index in [1.165, 1.54) is 12.8 Å². The molecule has 1 fully saturated rings. The zero-order valence-electron chi connectivity index (χ0n) is 5.26. The molecule has 0 aromatic rings. The molecule has 2 heteroatoms. The summed E-state index contributed by atoms with van der Waals surface area (Å²) in [7, 11) is 0. The Balaban J connectivity index is 0.000000490. The van der Waals surface area contributed by atoms with Crippen molar-refractivity contribution in [2.45, 2.75) is 19.8 Å². The van der Waals surface area contributed by atoms with Gasteiger partial charge >= 0.3 is 0 Å². The monoisotopic (exact) mass is 135 g/mol. The van der Waals surface area contributed by atoms with Gasteiger partial charge in [-0.15, -0.1) is 12.4 Å². The van der Waals surface area contributed by atoms with E-state index in [2.05, 4.69) is 6.92 Å². The molecule has 1 aliphatic rings. The molecule has 0 saturated heterocycles. The van der Waals surface area contributed by atoms with Crippen molar-refractivity contribution >= 4 is 12.4 Å². The maximum absolute atomic E-state index is 5.42. The molecule has 0 aromatic heterocycles. The topological polar surface area (TPSA) is 26.0 Å². The molecule has 0 heterocycles. The van der Waals surface area contributed by atoms with Crippen LogP contribution >= 0.6 is 12.4 Å². The Kier molecular flexibility index (Phi) is 3.41. The highest BCUT2D eigenvalue weighted by molar-refractivity contribution is 5.85. The minimum Gasteiger partial charge on any atom is -0.330 e. The Morgan fingerprint density at radius 2 is 2.12 bits per heavy atom. The van der Waals surface area contributed by atoms with Gasteiger partial charge in [-0.05, 0) is 24.8 Å². The van der Waals surface area contributed by atoms with E-state index >= 15 is 0 Å². The molecule has 0 radical (unpaired) electrons. The SMILES string of the molecule is C[C@@H]1CC[C@@H]1CN.Cl. The van der Waals surface area contributed by atoms with Crippen molar-refractivity contribution in [2.24, 2.45) is 17.6 Å². The van der Waals surface area contributed by atoms with E-state index in [0.29, 0.717) is 0 Å². The quantitative estimate of drug-likeness (QED) is 0.578. The number of halogens is 1. The summed E-state index contributed by atoms with van der Waals surface area (Å²) in [6, 6.07) is 0. The summed E-state index contributed by atoms with van der Waals surface area (Å²) in [5.41, 5.74) is 5.42. The molecule has 1 saturated carbocycles. The van der Waals surface area contributed by atoms with Crippen LogP contribution in [0.3, 0.4) is 0 Å². The summed E-state index contributed by atoms with van der Waals surface area (Å²) in [6.45, 7) is 3.18. The standard InChI is InChI=1S/C6H13N.ClH/c1-5-2-3-6(5)4-7;/h5-6H,2-4,7H2,1H3;1H/t5-,6-;/m1./s1. The summed E-state index contributed by atoms with van der Waals surface area (Å²) < 4.78 is 0. The van der Waals surface area contributed by atoms with Gasteiger partial charge in [0.15, 0.2) is 0 Å². The molecule has 1 aliphatic carbocycles. The Labute approximate surface area is 57.1 Å². The van der Waals surface area contributed by atoms with E-state index < -0.39 is 0 Å². The molecule has 0 unspecified atom stereocenters. The van der Waals surface area contributed by atoms with Gasteiger partial charge in [-0.2, -0.15) is 0 Å². The fourth-order valence-corrected chi connectivity index (χ4v) is 1.09. The largest absolute Gasteiger partial charge is 0.330 e. The highest BCUT2D eigenvalue weighted by Gasteiger charge is 2.24. The van der Waals surface area contributed by atoms with Gasteiger partial charge in [-0.25, -0.2) is 0 Å². The van der Waals surface area contributed by atoms with E-state index in [-0.39, 0.29) is 12.4 Å². The van der Waals surface area contributed by atoms with E-state index in [1.807, 2.05) is 0 Å². The Bertz CT molecular complexity index is 63.5. The molecule has 2 N–H and O–H groups in total. The normalized spacial score (nSPS) is 35.2. The van der Waals surface area contributed by atoms with E-state index in [1.54, 1.807) is 0 Å². The van der Waals surface area contributed by atoms with Crippen LogP contribution in [0, 0.1) is 11.8 Å². The predicted molar refractivity (Wildman–Crippen MR) is 38.2 cm³/mol. The Morgan fingerprint density at radius 3 is 2.12 bits per heavy atom. The maximum atomic E-state index is 5.42. The lowest BCUT2D eigenvalue weighted by Gasteiger charge is -2.32. The maximum Gasteiger partial charge on any atom is -0.00463 e. The first-order valence-corrected chi connectivity index (χ1v) is 3.04. The van der Waals surface area contributed by atoms with Crippen LogP contribution in [-0.4, -0.2) is 6.54 Å². The average molecular weight is 136 g/mol. The minimum atomic E-state index is 0. The molecule has 0 spiro atoms. The summed E-state index contributed by atoms with van der Waals surface area (Å²) >= 11 is 0. The molecule has 50 valence electrons. The smallest absolute Gasteiger partial charge is 0.00463 e. The van der Waals surface area contributed by atoms with Crippen molar-refractivity contribution in [1.82, 2.24) is 0 Å². The summed E-state index contributed by atoms with van der Waals surface area (Å²) in [5.74, 6) is 1.78. The minimum absolute atomic E-state index is 0. The third kappa shape index (κ3) is 1.36. The predicted octanol–water partition coefficient (Wildman–Crippen LogP) is 1.41. The Hall–Kier alpha value is 0.250. The van der Waals surface area contributed by atoms with Crippen molar-refractivity contribution in [1.29, 1.82) is 0 Å². The third-order valence-electron chi connectivity index (χ3n) is 2.10. The van der Waals surface area contributed by atoms with Gasteiger partial charge in [0.05, 0.1) is 0 Å². The highest BCUT2D eigenvalue weighted by Crippen LogP contribution is 2.31. The molecule has 8 heavy (non-hydrogen) atoms. The summed E-state index contributed by atoms with van der Waals surface area (Å²) in [5, 5.41) is 0. The van der Waals surface area contributed by atoms with Crippen LogP contribution in [0.25, 0.3) is 0 Å². The van der Waals surface area contributed by atoms with Crippen LogP contribution in [0.15, 0.2) is 0 Å². The van der Waals surface area contributed by atoms with Gasteiger partial charge in [-0.3, -0.25) is 0 Å². The second kappa shape index (κ2) is 3.31. The fourth-order valence-electron chi connectivity index (χ4n) is 1.09. The molecule has 0 aromatic carbocycles. The van der Waals surface area contributed by atoms with E-state index in [9.17, 15) is 0 Å².